The van der Waals surface area contributed by atoms with Crippen LogP contribution in [0.2, 0.25) is 5.02 Å². The van der Waals surface area contributed by atoms with Crippen molar-refractivity contribution in [1.29, 1.82) is 0 Å². The molecule has 0 aliphatic rings. The van der Waals surface area contributed by atoms with E-state index in [1.165, 1.54) is 14.2 Å². The monoisotopic (exact) mass is 449 g/mol. The summed E-state index contributed by atoms with van der Waals surface area (Å²) in [6.45, 7) is -0.179. The van der Waals surface area contributed by atoms with Gasteiger partial charge < -0.3 is 19.5 Å². The van der Waals surface area contributed by atoms with Crippen LogP contribution in [0.4, 0.5) is 5.69 Å². The van der Waals surface area contributed by atoms with Crippen molar-refractivity contribution >= 4 is 34.2 Å². The zero-order valence-corrected chi connectivity index (χ0v) is 18.2. The molecule has 0 unspecified atom stereocenters. The van der Waals surface area contributed by atoms with Crippen molar-refractivity contribution in [1.82, 2.24) is 9.97 Å². The second kappa shape index (κ2) is 9.53. The SMILES string of the molecule is COc1cc(OC)c(NC(=O)COc2ccc(-c3cnc4ccccc4n3)cc2)cc1Cl. The number of hydrogen-bond donors (Lipinski definition) is 1. The third kappa shape index (κ3) is 4.73. The Morgan fingerprint density at radius 3 is 2.41 bits per heavy atom. The highest BCUT2D eigenvalue weighted by atomic mass is 35.5. The minimum Gasteiger partial charge on any atom is -0.495 e. The second-order valence-electron chi connectivity index (χ2n) is 6.79. The fourth-order valence-corrected chi connectivity index (χ4v) is 3.35. The molecular formula is C24H20ClN3O4. The molecule has 0 saturated heterocycles. The zero-order valence-electron chi connectivity index (χ0n) is 17.5. The van der Waals surface area contributed by atoms with E-state index in [4.69, 9.17) is 25.8 Å². The Labute approximate surface area is 189 Å². The molecule has 0 saturated carbocycles. The van der Waals surface area contributed by atoms with E-state index in [0.29, 0.717) is 28.0 Å². The van der Waals surface area contributed by atoms with Crippen LogP contribution in [0.1, 0.15) is 0 Å². The van der Waals surface area contributed by atoms with Gasteiger partial charge in [0.25, 0.3) is 5.91 Å². The molecule has 0 aliphatic heterocycles. The highest BCUT2D eigenvalue weighted by Gasteiger charge is 2.13. The number of fused-ring (bicyclic) bond motifs is 1. The van der Waals surface area contributed by atoms with Crippen LogP contribution in [0.25, 0.3) is 22.3 Å². The van der Waals surface area contributed by atoms with Crippen molar-refractivity contribution in [2.75, 3.05) is 26.1 Å². The van der Waals surface area contributed by atoms with E-state index < -0.39 is 0 Å². The molecule has 0 spiro atoms. The van der Waals surface area contributed by atoms with Gasteiger partial charge in [0.2, 0.25) is 0 Å². The first kappa shape index (κ1) is 21.4. The maximum atomic E-state index is 12.3. The molecule has 0 aliphatic carbocycles. The molecule has 3 aromatic carbocycles. The van der Waals surface area contributed by atoms with E-state index in [2.05, 4.69) is 15.3 Å². The summed E-state index contributed by atoms with van der Waals surface area (Å²) >= 11 is 6.14. The normalized spacial score (nSPS) is 10.6. The molecule has 0 radical (unpaired) electrons. The van der Waals surface area contributed by atoms with Crippen LogP contribution in [0, 0.1) is 0 Å². The highest BCUT2D eigenvalue weighted by Crippen LogP contribution is 2.35. The van der Waals surface area contributed by atoms with Crippen LogP contribution in [0.15, 0.2) is 66.9 Å². The van der Waals surface area contributed by atoms with Crippen molar-refractivity contribution in [3.05, 3.63) is 71.9 Å². The summed E-state index contributed by atoms with van der Waals surface area (Å²) in [6.07, 6.45) is 1.74. The molecule has 0 bridgehead atoms. The second-order valence-corrected chi connectivity index (χ2v) is 7.20. The van der Waals surface area contributed by atoms with Crippen molar-refractivity contribution in [2.24, 2.45) is 0 Å². The molecule has 0 atom stereocenters. The van der Waals surface area contributed by atoms with Crippen LogP contribution in [0.3, 0.4) is 0 Å². The van der Waals surface area contributed by atoms with Crippen molar-refractivity contribution in [3.8, 4) is 28.5 Å². The van der Waals surface area contributed by atoms with E-state index >= 15 is 0 Å². The van der Waals surface area contributed by atoms with Gasteiger partial charge in [-0.1, -0.05) is 23.7 Å². The Morgan fingerprint density at radius 1 is 0.969 bits per heavy atom. The lowest BCUT2D eigenvalue weighted by Crippen LogP contribution is -2.20. The number of rotatable bonds is 7. The van der Waals surface area contributed by atoms with E-state index in [1.54, 1.807) is 30.5 Å². The molecule has 7 nitrogen and oxygen atoms in total. The van der Waals surface area contributed by atoms with Gasteiger partial charge in [0.15, 0.2) is 6.61 Å². The third-order valence-electron chi connectivity index (χ3n) is 4.72. The maximum Gasteiger partial charge on any atom is 0.262 e. The van der Waals surface area contributed by atoms with Gasteiger partial charge in [-0.05, 0) is 42.5 Å². The summed E-state index contributed by atoms with van der Waals surface area (Å²) in [6, 6.07) is 18.2. The number of carbonyl (C=O) groups excluding carboxylic acids is 1. The van der Waals surface area contributed by atoms with Crippen LogP contribution < -0.4 is 19.5 Å². The first-order valence-electron chi connectivity index (χ1n) is 9.74. The first-order valence-corrected chi connectivity index (χ1v) is 10.1. The fraction of sp³-hybridized carbons (Fsp3) is 0.125. The number of amides is 1. The Bertz CT molecular complexity index is 1260. The quantitative estimate of drug-likeness (QED) is 0.428. The molecule has 1 N–H and O–H groups in total. The first-order chi connectivity index (χ1) is 15.6. The number of para-hydroxylation sites is 2. The molecule has 0 fully saturated rings. The Kier molecular flexibility index (Phi) is 6.37. The number of methoxy groups -OCH3 is 2. The molecule has 4 aromatic rings. The van der Waals surface area contributed by atoms with Gasteiger partial charge in [-0.25, -0.2) is 4.98 Å². The Hall–Kier alpha value is -3.84. The predicted molar refractivity (Wildman–Crippen MR) is 124 cm³/mol. The Morgan fingerprint density at radius 2 is 1.69 bits per heavy atom. The van der Waals surface area contributed by atoms with Crippen LogP contribution in [-0.2, 0) is 4.79 Å². The van der Waals surface area contributed by atoms with Crippen LogP contribution in [-0.4, -0.2) is 36.7 Å². The summed E-state index contributed by atoms with van der Waals surface area (Å²) in [5, 5.41) is 3.09. The van der Waals surface area contributed by atoms with Gasteiger partial charge in [-0.2, -0.15) is 0 Å². The summed E-state index contributed by atoms with van der Waals surface area (Å²) < 4.78 is 16.0. The minimum absolute atomic E-state index is 0.179. The number of halogens is 1. The maximum absolute atomic E-state index is 12.3. The van der Waals surface area contributed by atoms with E-state index in [0.717, 1.165) is 22.3 Å². The molecular weight excluding hydrogens is 430 g/mol. The number of nitrogens with zero attached hydrogens (tertiary/aromatic N) is 2. The van der Waals surface area contributed by atoms with Gasteiger partial charge in [-0.15, -0.1) is 0 Å². The lowest BCUT2D eigenvalue weighted by Gasteiger charge is -2.13. The largest absolute Gasteiger partial charge is 0.495 e. The van der Waals surface area contributed by atoms with E-state index in [1.807, 2.05) is 36.4 Å². The summed E-state index contributed by atoms with van der Waals surface area (Å²) in [5.74, 6) is 1.08. The molecule has 8 heteroatoms. The van der Waals surface area contributed by atoms with Crippen LogP contribution >= 0.6 is 11.6 Å². The van der Waals surface area contributed by atoms with Gasteiger partial charge in [0.05, 0.1) is 47.9 Å². The zero-order chi connectivity index (χ0) is 22.5. The minimum atomic E-state index is -0.353. The average molecular weight is 450 g/mol. The number of carbonyl (C=O) groups is 1. The summed E-state index contributed by atoms with van der Waals surface area (Å²) in [5.41, 5.74) is 3.76. The lowest BCUT2D eigenvalue weighted by molar-refractivity contribution is -0.118. The molecule has 4 rings (SSSR count). The molecule has 1 amide bonds. The molecule has 162 valence electrons. The standard InChI is InChI=1S/C24H20ClN3O4/c1-30-22-12-23(31-2)20(11-17(22)25)28-24(29)14-32-16-9-7-15(8-10-16)21-13-26-18-5-3-4-6-19(18)27-21/h3-13H,14H2,1-2H3,(H,28,29). The van der Waals surface area contributed by atoms with Gasteiger partial charge >= 0.3 is 0 Å². The number of nitrogens with one attached hydrogen (secondary N) is 1. The van der Waals surface area contributed by atoms with Gasteiger partial charge in [0.1, 0.15) is 17.2 Å². The van der Waals surface area contributed by atoms with Gasteiger partial charge in [0, 0.05) is 11.6 Å². The third-order valence-corrected chi connectivity index (χ3v) is 5.01. The number of anilines is 1. The lowest BCUT2D eigenvalue weighted by atomic mass is 10.1. The fourth-order valence-electron chi connectivity index (χ4n) is 3.11. The van der Waals surface area contributed by atoms with Crippen molar-refractivity contribution < 1.29 is 19.0 Å². The number of aromatic nitrogens is 2. The highest BCUT2D eigenvalue weighted by molar-refractivity contribution is 6.32. The van der Waals surface area contributed by atoms with E-state index in [9.17, 15) is 4.79 Å². The van der Waals surface area contributed by atoms with Crippen molar-refractivity contribution in [2.45, 2.75) is 0 Å². The average Bonchev–Trinajstić information content (AvgIpc) is 2.83. The summed E-state index contributed by atoms with van der Waals surface area (Å²) in [7, 11) is 3.00. The van der Waals surface area contributed by atoms with Gasteiger partial charge in [-0.3, -0.25) is 9.78 Å². The number of hydrogen-bond acceptors (Lipinski definition) is 6. The van der Waals surface area contributed by atoms with E-state index in [-0.39, 0.29) is 12.5 Å². The molecule has 1 aromatic heterocycles. The summed E-state index contributed by atoms with van der Waals surface area (Å²) in [4.78, 5) is 21.4. The topological polar surface area (TPSA) is 82.6 Å². The molecule has 32 heavy (non-hydrogen) atoms. The number of ether oxygens (including phenoxy) is 3. The predicted octanol–water partition coefficient (Wildman–Crippen LogP) is 4.98. The van der Waals surface area contributed by atoms with Crippen molar-refractivity contribution in [3.63, 3.8) is 0 Å². The Balaban J connectivity index is 1.40. The van der Waals surface area contributed by atoms with Crippen LogP contribution in [0.5, 0.6) is 17.2 Å². The number of benzene rings is 3. The smallest absolute Gasteiger partial charge is 0.262 e. The molecule has 1 heterocycles.